The van der Waals surface area contributed by atoms with Crippen molar-refractivity contribution in [1.82, 2.24) is 4.90 Å². The molecule has 0 spiro atoms. The van der Waals surface area contributed by atoms with Crippen molar-refractivity contribution < 1.29 is 9.47 Å². The van der Waals surface area contributed by atoms with E-state index in [-0.39, 0.29) is 12.4 Å². The van der Waals surface area contributed by atoms with Gasteiger partial charge in [0.2, 0.25) is 0 Å². The summed E-state index contributed by atoms with van der Waals surface area (Å²) in [6, 6.07) is 13.0. The summed E-state index contributed by atoms with van der Waals surface area (Å²) in [4.78, 5) is 2.56. The van der Waals surface area contributed by atoms with Gasteiger partial charge in [-0.15, -0.1) is 12.4 Å². The van der Waals surface area contributed by atoms with Crippen LogP contribution in [0, 0.1) is 0 Å². The zero-order chi connectivity index (χ0) is 17.6. The number of halogens is 1. The smallest absolute Gasteiger partial charge is 0.161 e. The predicted octanol–water partition coefficient (Wildman–Crippen LogP) is 3.81. The predicted molar refractivity (Wildman–Crippen MR) is 110 cm³/mol. The molecule has 0 aromatic heterocycles. The molecule has 0 atom stereocenters. The van der Waals surface area contributed by atoms with Crippen LogP contribution in [0.5, 0.6) is 11.5 Å². The van der Waals surface area contributed by atoms with Crippen molar-refractivity contribution in [3.05, 3.63) is 53.1 Å². The van der Waals surface area contributed by atoms with Crippen LogP contribution in [0.2, 0.25) is 0 Å². The summed E-state index contributed by atoms with van der Waals surface area (Å²) in [6.45, 7) is 3.29. The second kappa shape index (κ2) is 9.70. The summed E-state index contributed by atoms with van der Waals surface area (Å²) in [6.07, 6.45) is 3.22. The molecule has 0 bridgehead atoms. The molecule has 3 rings (SSSR count). The number of rotatable bonds is 6. The van der Waals surface area contributed by atoms with Crippen LogP contribution in [-0.4, -0.2) is 45.8 Å². The Balaban J connectivity index is 0.00000243. The molecule has 0 amide bonds. The van der Waals surface area contributed by atoms with Crippen molar-refractivity contribution in [3.63, 3.8) is 0 Å². The van der Waals surface area contributed by atoms with Crippen molar-refractivity contribution in [2.45, 2.75) is 19.3 Å². The van der Waals surface area contributed by atoms with E-state index in [0.717, 1.165) is 56.1 Å². The van der Waals surface area contributed by atoms with Crippen molar-refractivity contribution in [2.75, 3.05) is 46.2 Å². The molecule has 0 saturated heterocycles. The van der Waals surface area contributed by atoms with Gasteiger partial charge in [0.1, 0.15) is 0 Å². The molecule has 1 N–H and O–H groups in total. The second-order valence-electron chi connectivity index (χ2n) is 6.51. The molecule has 1 aliphatic rings. The first-order chi connectivity index (χ1) is 12.2. The minimum Gasteiger partial charge on any atom is -0.493 e. The number of benzene rings is 2. The standard InChI is InChI=1S/C21H28N2O2.ClH/c1-22-19-6-4-16(5-7-19)8-11-23-12-9-17-14-20(24-2)21(25-3)15-18(17)10-13-23;/h4-7,14-15,22H,8-13H2,1-3H3;1H. The highest BCUT2D eigenvalue weighted by atomic mass is 35.5. The number of anilines is 1. The Labute approximate surface area is 162 Å². The maximum absolute atomic E-state index is 5.45. The number of nitrogens with zero attached hydrogens (tertiary/aromatic N) is 1. The van der Waals surface area contributed by atoms with Gasteiger partial charge >= 0.3 is 0 Å². The van der Waals surface area contributed by atoms with Crippen LogP contribution in [0.4, 0.5) is 5.69 Å². The molecule has 0 radical (unpaired) electrons. The molecule has 0 aliphatic carbocycles. The van der Waals surface area contributed by atoms with Crippen molar-refractivity contribution in [3.8, 4) is 11.5 Å². The maximum Gasteiger partial charge on any atom is 0.161 e. The molecule has 1 heterocycles. The lowest BCUT2D eigenvalue weighted by Gasteiger charge is -2.19. The van der Waals surface area contributed by atoms with Crippen LogP contribution in [0.25, 0.3) is 0 Å². The number of fused-ring (bicyclic) bond motifs is 1. The summed E-state index contributed by atoms with van der Waals surface area (Å²) < 4.78 is 10.9. The fourth-order valence-corrected chi connectivity index (χ4v) is 3.45. The van der Waals surface area contributed by atoms with Gasteiger partial charge in [-0.1, -0.05) is 12.1 Å². The third-order valence-electron chi connectivity index (χ3n) is 5.06. The number of nitrogens with one attached hydrogen (secondary N) is 1. The molecule has 0 unspecified atom stereocenters. The minimum absolute atomic E-state index is 0. The van der Waals surface area contributed by atoms with Crippen LogP contribution >= 0.6 is 12.4 Å². The van der Waals surface area contributed by atoms with Gasteiger partial charge in [0.25, 0.3) is 0 Å². The Morgan fingerprint density at radius 2 is 1.46 bits per heavy atom. The van der Waals surface area contributed by atoms with E-state index in [2.05, 4.69) is 46.6 Å². The summed E-state index contributed by atoms with van der Waals surface area (Å²) in [5, 5.41) is 3.17. The first-order valence-electron chi connectivity index (χ1n) is 8.96. The fraction of sp³-hybridized carbons (Fsp3) is 0.429. The molecular formula is C21H29ClN2O2. The molecule has 0 fully saturated rings. The van der Waals surface area contributed by atoms with Crippen LogP contribution in [0.15, 0.2) is 36.4 Å². The maximum atomic E-state index is 5.45. The SMILES string of the molecule is CNc1ccc(CCN2CCc3cc(OC)c(OC)cc3CC2)cc1.Cl. The summed E-state index contributed by atoms with van der Waals surface area (Å²) in [5.41, 5.74) is 5.33. The van der Waals surface area contributed by atoms with Crippen molar-refractivity contribution in [1.29, 1.82) is 0 Å². The first-order valence-corrected chi connectivity index (χ1v) is 8.96. The van der Waals surface area contributed by atoms with E-state index in [9.17, 15) is 0 Å². The minimum atomic E-state index is 0. The largest absolute Gasteiger partial charge is 0.493 e. The summed E-state index contributed by atoms with van der Waals surface area (Å²) >= 11 is 0. The lowest BCUT2D eigenvalue weighted by molar-refractivity contribution is 0.291. The quantitative estimate of drug-likeness (QED) is 0.831. The Bertz CT molecular complexity index is 669. The number of hydrogen-bond acceptors (Lipinski definition) is 4. The van der Waals surface area contributed by atoms with Gasteiger partial charge in [-0.3, -0.25) is 0 Å². The topological polar surface area (TPSA) is 33.7 Å². The molecule has 1 aliphatic heterocycles. The molecule has 2 aromatic carbocycles. The van der Waals surface area contributed by atoms with E-state index in [1.807, 2.05) is 7.05 Å². The van der Waals surface area contributed by atoms with E-state index in [1.54, 1.807) is 14.2 Å². The highest BCUT2D eigenvalue weighted by Gasteiger charge is 2.17. The van der Waals surface area contributed by atoms with Gasteiger partial charge in [0.05, 0.1) is 14.2 Å². The molecule has 26 heavy (non-hydrogen) atoms. The van der Waals surface area contributed by atoms with Gasteiger partial charge in [-0.05, 0) is 60.2 Å². The van der Waals surface area contributed by atoms with E-state index in [0.29, 0.717) is 0 Å². The third kappa shape index (κ3) is 4.83. The second-order valence-corrected chi connectivity index (χ2v) is 6.51. The fourth-order valence-electron chi connectivity index (χ4n) is 3.45. The number of ether oxygens (including phenoxy) is 2. The average molecular weight is 377 g/mol. The monoisotopic (exact) mass is 376 g/mol. The lowest BCUT2D eigenvalue weighted by Crippen LogP contribution is -2.28. The van der Waals surface area contributed by atoms with E-state index in [1.165, 1.54) is 16.7 Å². The van der Waals surface area contributed by atoms with Gasteiger partial charge in [0, 0.05) is 32.4 Å². The normalized spacial score (nSPS) is 14.0. The van der Waals surface area contributed by atoms with Crippen molar-refractivity contribution in [2.24, 2.45) is 0 Å². The molecule has 0 saturated carbocycles. The Hall–Kier alpha value is -1.91. The van der Waals surface area contributed by atoms with Gasteiger partial charge < -0.3 is 19.7 Å². The van der Waals surface area contributed by atoms with Crippen LogP contribution in [0.3, 0.4) is 0 Å². The van der Waals surface area contributed by atoms with Crippen LogP contribution in [-0.2, 0) is 19.3 Å². The van der Waals surface area contributed by atoms with Gasteiger partial charge in [-0.25, -0.2) is 0 Å². The highest BCUT2D eigenvalue weighted by molar-refractivity contribution is 5.85. The van der Waals surface area contributed by atoms with E-state index >= 15 is 0 Å². The zero-order valence-corrected chi connectivity index (χ0v) is 16.7. The Morgan fingerprint density at radius 3 is 1.92 bits per heavy atom. The zero-order valence-electron chi connectivity index (χ0n) is 15.9. The van der Waals surface area contributed by atoms with Crippen LogP contribution in [0.1, 0.15) is 16.7 Å². The molecular weight excluding hydrogens is 348 g/mol. The third-order valence-corrected chi connectivity index (χ3v) is 5.06. The Kier molecular flexibility index (Phi) is 7.61. The van der Waals surface area contributed by atoms with E-state index in [4.69, 9.17) is 9.47 Å². The van der Waals surface area contributed by atoms with Crippen molar-refractivity contribution >= 4 is 18.1 Å². The Morgan fingerprint density at radius 1 is 0.923 bits per heavy atom. The van der Waals surface area contributed by atoms with Gasteiger partial charge in [0.15, 0.2) is 11.5 Å². The lowest BCUT2D eigenvalue weighted by atomic mass is 10.0. The summed E-state index contributed by atoms with van der Waals surface area (Å²) in [5.74, 6) is 1.67. The molecule has 5 heteroatoms. The molecule has 2 aromatic rings. The first kappa shape index (κ1) is 20.4. The van der Waals surface area contributed by atoms with Crippen LogP contribution < -0.4 is 14.8 Å². The number of methoxy groups -OCH3 is 2. The summed E-state index contributed by atoms with van der Waals surface area (Å²) in [7, 11) is 5.35. The van der Waals surface area contributed by atoms with E-state index < -0.39 is 0 Å². The number of hydrogen-bond donors (Lipinski definition) is 1. The average Bonchev–Trinajstić information content (AvgIpc) is 2.87. The highest BCUT2D eigenvalue weighted by Crippen LogP contribution is 2.32. The molecule has 4 nitrogen and oxygen atoms in total. The molecule has 142 valence electrons. The van der Waals surface area contributed by atoms with Gasteiger partial charge in [-0.2, -0.15) is 0 Å².